The van der Waals surface area contributed by atoms with E-state index in [2.05, 4.69) is 33.4 Å². The molecule has 3 N–H and O–H groups in total. The number of rotatable bonds is 4. The van der Waals surface area contributed by atoms with Gasteiger partial charge in [-0.2, -0.15) is 0 Å². The highest BCUT2D eigenvalue weighted by atomic mass is 16.3. The number of phenols is 1. The minimum atomic E-state index is -1.04. The fraction of sp³-hybridized carbons (Fsp3) is 0.400. The zero-order valence-electron chi connectivity index (χ0n) is 15.1. The molecule has 1 aliphatic heterocycles. The normalized spacial score (nSPS) is 18.9. The number of likely N-dealkylation sites (N-methyl/N-ethyl adjacent to an activating group) is 1. The number of phenolic OH excluding ortho intramolecular Hbond substituents is 1. The van der Waals surface area contributed by atoms with Crippen molar-refractivity contribution >= 4 is 5.82 Å². The first-order valence-corrected chi connectivity index (χ1v) is 8.75. The number of piperidine rings is 1. The molecule has 26 heavy (non-hydrogen) atoms. The summed E-state index contributed by atoms with van der Waals surface area (Å²) in [6, 6.07) is 7.16. The van der Waals surface area contributed by atoms with Gasteiger partial charge in [-0.25, -0.2) is 0 Å². The van der Waals surface area contributed by atoms with Crippen molar-refractivity contribution in [2.45, 2.75) is 31.9 Å². The molecule has 6 heteroatoms. The molecule has 1 saturated heterocycles. The van der Waals surface area contributed by atoms with Gasteiger partial charge in [-0.1, -0.05) is 12.0 Å². The van der Waals surface area contributed by atoms with Crippen molar-refractivity contribution in [3.8, 4) is 29.4 Å². The van der Waals surface area contributed by atoms with Gasteiger partial charge in [0.2, 0.25) is 0 Å². The first kappa shape index (κ1) is 18.2. The predicted molar refractivity (Wildman–Crippen MR) is 102 cm³/mol. The number of likely N-dealkylation sites (tertiary alicyclic amines) is 1. The standard InChI is InChI=1S/C20H24N4O2/c1-4-17(25)14-7-8-16(18(26)11-14)20-13(2)10-19(22-23-20)21-15-6-5-9-24(3)12-15/h1,7-8,10-11,15,17,25-26H,5-6,9,12H2,2-3H3,(H,21,22)/t15-,17?/m1/s1. The second kappa shape index (κ2) is 7.73. The molecule has 0 saturated carbocycles. The molecule has 0 spiro atoms. The quantitative estimate of drug-likeness (QED) is 0.733. The average molecular weight is 352 g/mol. The van der Waals surface area contributed by atoms with Gasteiger partial charge in [0, 0.05) is 18.2 Å². The van der Waals surface area contributed by atoms with E-state index in [0.29, 0.717) is 22.9 Å². The molecular weight excluding hydrogens is 328 g/mol. The van der Waals surface area contributed by atoms with Crippen LogP contribution in [0.25, 0.3) is 11.3 Å². The Balaban J connectivity index is 1.80. The van der Waals surface area contributed by atoms with Crippen LogP contribution in [0.5, 0.6) is 5.75 Å². The van der Waals surface area contributed by atoms with Crippen LogP contribution in [0.3, 0.4) is 0 Å². The minimum absolute atomic E-state index is 0.0174. The van der Waals surface area contributed by atoms with Crippen LogP contribution in [-0.2, 0) is 0 Å². The van der Waals surface area contributed by atoms with Crippen LogP contribution in [0.1, 0.15) is 30.1 Å². The molecule has 2 atom stereocenters. The van der Waals surface area contributed by atoms with Gasteiger partial charge in [-0.15, -0.1) is 16.6 Å². The number of aryl methyl sites for hydroxylation is 1. The zero-order chi connectivity index (χ0) is 18.7. The Bertz CT molecular complexity index is 831. The van der Waals surface area contributed by atoms with Gasteiger partial charge >= 0.3 is 0 Å². The van der Waals surface area contributed by atoms with Crippen LogP contribution in [-0.4, -0.2) is 51.5 Å². The molecule has 2 aromatic rings. The number of aliphatic hydroxyl groups excluding tert-OH is 1. The highest BCUT2D eigenvalue weighted by molar-refractivity contribution is 5.70. The first-order valence-electron chi connectivity index (χ1n) is 8.75. The van der Waals surface area contributed by atoms with E-state index >= 15 is 0 Å². The maximum atomic E-state index is 10.3. The Morgan fingerprint density at radius 1 is 1.35 bits per heavy atom. The largest absolute Gasteiger partial charge is 0.507 e. The molecule has 6 nitrogen and oxygen atoms in total. The summed E-state index contributed by atoms with van der Waals surface area (Å²) < 4.78 is 0. The molecule has 2 heterocycles. The number of anilines is 1. The summed E-state index contributed by atoms with van der Waals surface area (Å²) in [7, 11) is 2.12. The Morgan fingerprint density at radius 3 is 2.81 bits per heavy atom. The van der Waals surface area contributed by atoms with Gasteiger partial charge in [0.15, 0.2) is 0 Å². The summed E-state index contributed by atoms with van der Waals surface area (Å²) in [5.41, 5.74) is 2.55. The van der Waals surface area contributed by atoms with Crippen LogP contribution in [0.15, 0.2) is 24.3 Å². The van der Waals surface area contributed by atoms with Crippen LogP contribution in [0, 0.1) is 19.3 Å². The van der Waals surface area contributed by atoms with E-state index in [1.165, 1.54) is 12.5 Å². The summed E-state index contributed by atoms with van der Waals surface area (Å²) in [5, 5.41) is 32.0. The van der Waals surface area contributed by atoms with E-state index < -0.39 is 6.10 Å². The van der Waals surface area contributed by atoms with Crippen molar-refractivity contribution in [3.05, 3.63) is 35.4 Å². The van der Waals surface area contributed by atoms with Crippen molar-refractivity contribution < 1.29 is 10.2 Å². The summed E-state index contributed by atoms with van der Waals surface area (Å²) >= 11 is 0. The van der Waals surface area contributed by atoms with Crippen molar-refractivity contribution in [2.75, 3.05) is 25.5 Å². The SMILES string of the molecule is C#CC(O)c1ccc(-c2nnc(N[C@@H]3CCCN(C)C3)cc2C)c(O)c1. The monoisotopic (exact) mass is 352 g/mol. The number of hydrogen-bond acceptors (Lipinski definition) is 6. The highest BCUT2D eigenvalue weighted by Gasteiger charge is 2.18. The van der Waals surface area contributed by atoms with Gasteiger partial charge in [-0.05, 0) is 62.7 Å². The Morgan fingerprint density at radius 2 is 2.15 bits per heavy atom. The van der Waals surface area contributed by atoms with Crippen molar-refractivity contribution in [3.63, 3.8) is 0 Å². The lowest BCUT2D eigenvalue weighted by atomic mass is 10.0. The molecule has 136 valence electrons. The van der Waals surface area contributed by atoms with Gasteiger partial charge in [-0.3, -0.25) is 0 Å². The molecule has 0 amide bonds. The summed E-state index contributed by atoms with van der Waals surface area (Å²) in [4.78, 5) is 2.31. The number of nitrogens with zero attached hydrogens (tertiary/aromatic N) is 3. The molecule has 1 aromatic carbocycles. The van der Waals surface area contributed by atoms with E-state index in [0.717, 1.165) is 30.9 Å². The van der Waals surface area contributed by atoms with Crippen LogP contribution >= 0.6 is 0 Å². The number of aromatic hydroxyl groups is 1. The minimum Gasteiger partial charge on any atom is -0.507 e. The number of aliphatic hydroxyl groups is 1. The number of hydrogen-bond donors (Lipinski definition) is 3. The summed E-state index contributed by atoms with van der Waals surface area (Å²) in [6.07, 6.45) is 6.46. The fourth-order valence-corrected chi connectivity index (χ4v) is 3.33. The molecule has 0 bridgehead atoms. The van der Waals surface area contributed by atoms with Gasteiger partial charge in [0.1, 0.15) is 17.7 Å². The highest BCUT2D eigenvalue weighted by Crippen LogP contribution is 2.32. The molecule has 3 rings (SSSR count). The van der Waals surface area contributed by atoms with E-state index in [4.69, 9.17) is 6.42 Å². The van der Waals surface area contributed by atoms with Crippen LogP contribution in [0.4, 0.5) is 5.82 Å². The van der Waals surface area contributed by atoms with Gasteiger partial charge < -0.3 is 20.4 Å². The molecule has 1 aliphatic rings. The Labute approximate surface area is 153 Å². The molecule has 0 radical (unpaired) electrons. The number of aromatic nitrogens is 2. The number of benzene rings is 1. The predicted octanol–water partition coefficient (Wildman–Crippen LogP) is 2.33. The molecule has 0 aliphatic carbocycles. The maximum Gasteiger partial charge on any atom is 0.149 e. The maximum absolute atomic E-state index is 10.3. The topological polar surface area (TPSA) is 81.5 Å². The lowest BCUT2D eigenvalue weighted by Crippen LogP contribution is -2.39. The molecule has 1 unspecified atom stereocenters. The fourth-order valence-electron chi connectivity index (χ4n) is 3.33. The van der Waals surface area contributed by atoms with Crippen LogP contribution in [0.2, 0.25) is 0 Å². The second-order valence-corrected chi connectivity index (χ2v) is 6.85. The van der Waals surface area contributed by atoms with E-state index in [-0.39, 0.29) is 5.75 Å². The lowest BCUT2D eigenvalue weighted by molar-refractivity contribution is 0.238. The lowest BCUT2D eigenvalue weighted by Gasteiger charge is -2.30. The smallest absolute Gasteiger partial charge is 0.149 e. The van der Waals surface area contributed by atoms with Gasteiger partial charge in [0.25, 0.3) is 0 Å². The number of nitrogens with one attached hydrogen (secondary N) is 1. The Kier molecular flexibility index (Phi) is 5.40. The molecule has 1 fully saturated rings. The summed E-state index contributed by atoms with van der Waals surface area (Å²) in [5.74, 6) is 2.99. The third kappa shape index (κ3) is 3.96. The van der Waals surface area contributed by atoms with Crippen LogP contribution < -0.4 is 5.32 Å². The zero-order valence-corrected chi connectivity index (χ0v) is 15.1. The van der Waals surface area contributed by atoms with E-state index in [1.807, 2.05) is 13.0 Å². The third-order valence-corrected chi connectivity index (χ3v) is 4.71. The second-order valence-electron chi connectivity index (χ2n) is 6.85. The molecular formula is C20H24N4O2. The summed E-state index contributed by atoms with van der Waals surface area (Å²) in [6.45, 7) is 4.06. The average Bonchev–Trinajstić information content (AvgIpc) is 2.62. The molecule has 1 aromatic heterocycles. The van der Waals surface area contributed by atoms with Crippen molar-refractivity contribution in [2.24, 2.45) is 0 Å². The first-order chi connectivity index (χ1) is 12.5. The van der Waals surface area contributed by atoms with Gasteiger partial charge in [0.05, 0.1) is 5.69 Å². The Hall–Kier alpha value is -2.62. The van der Waals surface area contributed by atoms with Crippen molar-refractivity contribution in [1.29, 1.82) is 0 Å². The number of terminal acetylenes is 1. The van der Waals surface area contributed by atoms with Crippen molar-refractivity contribution in [1.82, 2.24) is 15.1 Å². The van der Waals surface area contributed by atoms with E-state index in [9.17, 15) is 10.2 Å². The third-order valence-electron chi connectivity index (χ3n) is 4.71. The van der Waals surface area contributed by atoms with E-state index in [1.54, 1.807) is 12.1 Å².